The minimum atomic E-state index is -3.74. The number of sulfonamides is 1. The molecule has 1 aromatic carbocycles. The Kier molecular flexibility index (Phi) is 4.42. The lowest BCUT2D eigenvalue weighted by molar-refractivity contribution is 0.285. The van der Waals surface area contributed by atoms with Gasteiger partial charge in [0.2, 0.25) is 0 Å². The van der Waals surface area contributed by atoms with Gasteiger partial charge in [-0.15, -0.1) is 11.3 Å². The predicted molar refractivity (Wildman–Crippen MR) is 76.8 cm³/mol. The molecule has 0 amide bonds. The largest absolute Gasteiger partial charge is 0.391 e. The highest BCUT2D eigenvalue weighted by Crippen LogP contribution is 2.27. The number of hydrogen-bond acceptors (Lipinski definition) is 4. The molecular formula is C13H14FNO3S2. The van der Waals surface area contributed by atoms with Crippen molar-refractivity contribution in [1.82, 2.24) is 0 Å². The number of thiophene rings is 1. The number of anilines is 1. The molecule has 108 valence electrons. The van der Waals surface area contributed by atoms with Crippen molar-refractivity contribution < 1.29 is 17.9 Å². The molecule has 0 spiro atoms. The minimum absolute atomic E-state index is 0.109. The lowest BCUT2D eigenvalue weighted by atomic mass is 10.3. The molecule has 0 radical (unpaired) electrons. The molecule has 0 fully saturated rings. The van der Waals surface area contributed by atoms with Crippen LogP contribution in [0.1, 0.15) is 11.8 Å². The van der Waals surface area contributed by atoms with E-state index in [1.807, 2.05) is 0 Å². The van der Waals surface area contributed by atoms with Crippen molar-refractivity contribution in [2.24, 2.45) is 0 Å². The fourth-order valence-electron chi connectivity index (χ4n) is 1.83. The van der Waals surface area contributed by atoms with Gasteiger partial charge in [0.1, 0.15) is 5.82 Å². The average molecular weight is 315 g/mol. The Morgan fingerprint density at radius 3 is 2.65 bits per heavy atom. The number of hydrogen-bond donors (Lipinski definition) is 1. The molecule has 4 nitrogen and oxygen atoms in total. The number of nitrogens with zero attached hydrogens (tertiary/aromatic N) is 1. The molecule has 0 unspecified atom stereocenters. The van der Waals surface area contributed by atoms with Crippen LogP contribution in [-0.4, -0.2) is 20.1 Å². The van der Waals surface area contributed by atoms with Crippen LogP contribution in [-0.2, 0) is 16.6 Å². The molecule has 0 saturated carbocycles. The van der Waals surface area contributed by atoms with Crippen molar-refractivity contribution in [3.05, 3.63) is 46.4 Å². The monoisotopic (exact) mass is 315 g/mol. The fraction of sp³-hybridized carbons (Fsp3) is 0.231. The quantitative estimate of drug-likeness (QED) is 0.922. The zero-order valence-electron chi connectivity index (χ0n) is 10.8. The van der Waals surface area contributed by atoms with Gasteiger partial charge in [-0.05, 0) is 31.2 Å². The molecule has 0 atom stereocenters. The molecule has 1 N–H and O–H groups in total. The molecular weight excluding hydrogens is 301 g/mol. The van der Waals surface area contributed by atoms with Crippen LogP contribution in [0.4, 0.5) is 10.1 Å². The first kappa shape index (κ1) is 15.0. The summed E-state index contributed by atoms with van der Waals surface area (Å²) >= 11 is 1.17. The summed E-state index contributed by atoms with van der Waals surface area (Å²) in [5, 5.41) is 10.5. The molecule has 0 aliphatic rings. The van der Waals surface area contributed by atoms with Crippen LogP contribution in [0.15, 0.2) is 40.6 Å². The molecule has 0 aliphatic carbocycles. The summed E-state index contributed by atoms with van der Waals surface area (Å²) in [7, 11) is -3.74. The van der Waals surface area contributed by atoms with Gasteiger partial charge in [0.05, 0.1) is 17.2 Å². The van der Waals surface area contributed by atoms with Gasteiger partial charge in [0.25, 0.3) is 10.0 Å². The van der Waals surface area contributed by atoms with Gasteiger partial charge in [-0.3, -0.25) is 4.31 Å². The molecule has 1 heterocycles. The Balaban J connectivity index is 2.44. The zero-order valence-corrected chi connectivity index (χ0v) is 12.4. The Morgan fingerprint density at radius 2 is 2.10 bits per heavy atom. The number of halogens is 1. The normalized spacial score (nSPS) is 11.6. The fourth-order valence-corrected chi connectivity index (χ4v) is 4.42. The molecule has 2 rings (SSSR count). The number of aliphatic hydroxyl groups is 1. The summed E-state index contributed by atoms with van der Waals surface area (Å²) in [4.78, 5) is 0.677. The van der Waals surface area contributed by atoms with Crippen LogP contribution in [0.5, 0.6) is 0 Å². The summed E-state index contributed by atoms with van der Waals surface area (Å²) in [5.41, 5.74) is 0.282. The first-order chi connectivity index (χ1) is 9.48. The second-order valence-corrected chi connectivity index (χ2v) is 6.91. The topological polar surface area (TPSA) is 57.6 Å². The highest BCUT2D eigenvalue weighted by molar-refractivity contribution is 7.93. The van der Waals surface area contributed by atoms with E-state index in [1.54, 1.807) is 13.0 Å². The van der Waals surface area contributed by atoms with Crippen molar-refractivity contribution in [3.8, 4) is 0 Å². The van der Waals surface area contributed by atoms with Gasteiger partial charge in [-0.1, -0.05) is 6.07 Å². The van der Waals surface area contributed by atoms with E-state index >= 15 is 0 Å². The molecule has 2 aromatic rings. The van der Waals surface area contributed by atoms with Crippen molar-refractivity contribution in [2.45, 2.75) is 18.4 Å². The predicted octanol–water partition coefficient (Wildman–Crippen LogP) is 2.59. The van der Waals surface area contributed by atoms with E-state index in [2.05, 4.69) is 0 Å². The van der Waals surface area contributed by atoms with Gasteiger partial charge in [-0.2, -0.15) is 0 Å². The van der Waals surface area contributed by atoms with E-state index in [-0.39, 0.29) is 23.7 Å². The van der Waals surface area contributed by atoms with E-state index in [0.717, 1.165) is 4.31 Å². The summed E-state index contributed by atoms with van der Waals surface area (Å²) in [6, 6.07) is 6.89. The van der Waals surface area contributed by atoms with Crippen LogP contribution in [0, 0.1) is 5.82 Å². The maximum Gasteiger partial charge on any atom is 0.265 e. The number of benzene rings is 1. The summed E-state index contributed by atoms with van der Waals surface area (Å²) < 4.78 is 39.5. The third-order valence-corrected chi connectivity index (χ3v) is 5.71. The number of aliphatic hydroxyl groups excluding tert-OH is 1. The van der Waals surface area contributed by atoms with Gasteiger partial charge in [0, 0.05) is 16.8 Å². The van der Waals surface area contributed by atoms with E-state index in [1.165, 1.54) is 41.0 Å². The maximum atomic E-state index is 13.3. The maximum absolute atomic E-state index is 13.3. The molecule has 7 heteroatoms. The minimum Gasteiger partial charge on any atom is -0.391 e. The average Bonchev–Trinajstić information content (AvgIpc) is 2.89. The molecule has 0 aliphatic heterocycles. The zero-order chi connectivity index (χ0) is 14.8. The molecule has 0 saturated heterocycles. The van der Waals surface area contributed by atoms with Gasteiger partial charge < -0.3 is 5.11 Å². The summed E-state index contributed by atoms with van der Waals surface area (Å²) in [6.07, 6.45) is 0. The molecule has 0 bridgehead atoms. The Bertz CT molecular complexity index is 697. The smallest absolute Gasteiger partial charge is 0.265 e. The first-order valence-corrected chi connectivity index (χ1v) is 8.27. The third kappa shape index (κ3) is 2.84. The highest BCUT2D eigenvalue weighted by atomic mass is 32.2. The lowest BCUT2D eigenvalue weighted by Crippen LogP contribution is -2.30. The second-order valence-electron chi connectivity index (χ2n) is 4.06. The summed E-state index contributed by atoms with van der Waals surface area (Å²) in [5.74, 6) is -0.488. The van der Waals surface area contributed by atoms with E-state index in [0.29, 0.717) is 4.88 Å². The van der Waals surface area contributed by atoms with E-state index < -0.39 is 15.8 Å². The Morgan fingerprint density at radius 1 is 1.35 bits per heavy atom. The first-order valence-electron chi connectivity index (χ1n) is 5.95. The Labute approximate surface area is 121 Å². The lowest BCUT2D eigenvalue weighted by Gasteiger charge is -2.22. The van der Waals surface area contributed by atoms with Crippen LogP contribution in [0.25, 0.3) is 0 Å². The molecule has 20 heavy (non-hydrogen) atoms. The van der Waals surface area contributed by atoms with Crippen LogP contribution in [0.3, 0.4) is 0 Å². The van der Waals surface area contributed by atoms with Crippen molar-refractivity contribution in [3.63, 3.8) is 0 Å². The van der Waals surface area contributed by atoms with Gasteiger partial charge in [0.15, 0.2) is 0 Å². The van der Waals surface area contributed by atoms with Crippen LogP contribution in [0.2, 0.25) is 0 Å². The van der Waals surface area contributed by atoms with Crippen molar-refractivity contribution >= 4 is 27.0 Å². The standard InChI is InChI=1S/C13H14FNO3S2/c1-2-15(11-5-3-4-10(14)6-11)20(17,18)13-7-12(8-16)19-9-13/h3-7,9,16H,2,8H2,1H3. The highest BCUT2D eigenvalue weighted by Gasteiger charge is 2.25. The van der Waals surface area contributed by atoms with Crippen molar-refractivity contribution in [2.75, 3.05) is 10.8 Å². The van der Waals surface area contributed by atoms with Gasteiger partial charge in [-0.25, -0.2) is 12.8 Å². The summed E-state index contributed by atoms with van der Waals surface area (Å²) in [6.45, 7) is 1.67. The molecule has 1 aromatic heterocycles. The Hall–Kier alpha value is -1.44. The van der Waals surface area contributed by atoms with Gasteiger partial charge >= 0.3 is 0 Å². The van der Waals surface area contributed by atoms with Crippen molar-refractivity contribution in [1.29, 1.82) is 0 Å². The van der Waals surface area contributed by atoms with E-state index in [9.17, 15) is 12.8 Å². The van der Waals surface area contributed by atoms with Crippen LogP contribution >= 0.6 is 11.3 Å². The van der Waals surface area contributed by atoms with E-state index in [4.69, 9.17) is 5.11 Å². The second kappa shape index (κ2) is 5.90. The third-order valence-electron chi connectivity index (χ3n) is 2.76. The SMILES string of the molecule is CCN(c1cccc(F)c1)S(=O)(=O)c1csc(CO)c1. The van der Waals surface area contributed by atoms with Crippen LogP contribution < -0.4 is 4.31 Å². The number of rotatable bonds is 5.